The van der Waals surface area contributed by atoms with Crippen LogP contribution in [0.3, 0.4) is 0 Å². The number of hydrogen-bond acceptors (Lipinski definition) is 2. The fraction of sp³-hybridized carbons (Fsp3) is 0.143. The summed E-state index contributed by atoms with van der Waals surface area (Å²) in [6.45, 7) is 2.63. The van der Waals surface area contributed by atoms with E-state index in [0.29, 0.717) is 6.54 Å². The Morgan fingerprint density at radius 3 is 2.50 bits per heavy atom. The molecule has 0 saturated heterocycles. The predicted molar refractivity (Wildman–Crippen MR) is 68.9 cm³/mol. The molecule has 16 heavy (non-hydrogen) atoms. The summed E-state index contributed by atoms with van der Waals surface area (Å²) in [7, 11) is 0. The molecule has 2 aromatic rings. The SMILES string of the molecule is Cc1ccc(N)cc1-c1ccccc1CN. The smallest absolute Gasteiger partial charge is 0.0320 e. The Kier molecular flexibility index (Phi) is 2.93. The second-order valence-electron chi connectivity index (χ2n) is 3.94. The summed E-state index contributed by atoms with van der Waals surface area (Å²) in [5, 5.41) is 0. The summed E-state index contributed by atoms with van der Waals surface area (Å²) in [6, 6.07) is 14.1. The Morgan fingerprint density at radius 1 is 1.00 bits per heavy atom. The van der Waals surface area contributed by atoms with Crippen LogP contribution in [0, 0.1) is 6.92 Å². The lowest BCUT2D eigenvalue weighted by Gasteiger charge is -2.11. The molecular weight excluding hydrogens is 196 g/mol. The van der Waals surface area contributed by atoms with Crippen LogP contribution < -0.4 is 11.5 Å². The number of anilines is 1. The maximum Gasteiger partial charge on any atom is 0.0320 e. The number of benzene rings is 2. The number of nitrogens with two attached hydrogens (primary N) is 2. The van der Waals surface area contributed by atoms with Gasteiger partial charge in [0.1, 0.15) is 0 Å². The van der Waals surface area contributed by atoms with Crippen LogP contribution in [0.4, 0.5) is 5.69 Å². The van der Waals surface area contributed by atoms with E-state index >= 15 is 0 Å². The van der Waals surface area contributed by atoms with Gasteiger partial charge in [-0.15, -0.1) is 0 Å². The van der Waals surface area contributed by atoms with Crippen molar-refractivity contribution in [2.24, 2.45) is 5.73 Å². The highest BCUT2D eigenvalue weighted by atomic mass is 14.5. The molecule has 0 heterocycles. The molecule has 2 heteroatoms. The normalized spacial score (nSPS) is 10.4. The molecule has 0 fully saturated rings. The Morgan fingerprint density at radius 2 is 1.75 bits per heavy atom. The quantitative estimate of drug-likeness (QED) is 0.752. The van der Waals surface area contributed by atoms with Gasteiger partial charge in [-0.25, -0.2) is 0 Å². The van der Waals surface area contributed by atoms with E-state index in [1.165, 1.54) is 16.7 Å². The van der Waals surface area contributed by atoms with Gasteiger partial charge in [0, 0.05) is 12.2 Å². The summed E-state index contributed by atoms with van der Waals surface area (Å²) in [5.74, 6) is 0. The van der Waals surface area contributed by atoms with Crippen molar-refractivity contribution in [3.05, 3.63) is 53.6 Å². The van der Waals surface area contributed by atoms with Crippen molar-refractivity contribution in [1.82, 2.24) is 0 Å². The zero-order valence-corrected chi connectivity index (χ0v) is 9.40. The molecule has 0 aliphatic carbocycles. The Labute approximate surface area is 95.9 Å². The van der Waals surface area contributed by atoms with E-state index in [4.69, 9.17) is 11.5 Å². The largest absolute Gasteiger partial charge is 0.399 e. The van der Waals surface area contributed by atoms with Gasteiger partial charge in [0.15, 0.2) is 0 Å². The summed E-state index contributed by atoms with van der Waals surface area (Å²) in [4.78, 5) is 0. The average Bonchev–Trinajstić information content (AvgIpc) is 2.32. The standard InChI is InChI=1S/C14H16N2/c1-10-6-7-12(16)8-14(10)13-5-3-2-4-11(13)9-15/h2-8H,9,15-16H2,1H3. The maximum atomic E-state index is 5.83. The Hall–Kier alpha value is -1.80. The van der Waals surface area contributed by atoms with Gasteiger partial charge in [-0.3, -0.25) is 0 Å². The molecule has 0 spiro atoms. The third-order valence-corrected chi connectivity index (χ3v) is 2.79. The monoisotopic (exact) mass is 212 g/mol. The van der Waals surface area contributed by atoms with Crippen molar-refractivity contribution >= 4 is 5.69 Å². The minimum Gasteiger partial charge on any atom is -0.399 e. The average molecular weight is 212 g/mol. The molecule has 0 amide bonds. The highest BCUT2D eigenvalue weighted by molar-refractivity contribution is 5.73. The number of aryl methyl sites for hydroxylation is 1. The first kappa shape index (κ1) is 10.7. The van der Waals surface area contributed by atoms with Crippen molar-refractivity contribution < 1.29 is 0 Å². The second-order valence-corrected chi connectivity index (χ2v) is 3.94. The zero-order valence-electron chi connectivity index (χ0n) is 9.40. The maximum absolute atomic E-state index is 5.83. The van der Waals surface area contributed by atoms with Crippen molar-refractivity contribution in [2.45, 2.75) is 13.5 Å². The first-order chi connectivity index (χ1) is 7.72. The molecule has 0 aromatic heterocycles. The first-order valence-corrected chi connectivity index (χ1v) is 5.37. The van der Waals surface area contributed by atoms with E-state index < -0.39 is 0 Å². The molecule has 0 aliphatic rings. The molecule has 0 unspecified atom stereocenters. The van der Waals surface area contributed by atoms with E-state index in [1.54, 1.807) is 0 Å². The van der Waals surface area contributed by atoms with Gasteiger partial charge in [-0.05, 0) is 41.3 Å². The Bertz CT molecular complexity index is 504. The highest BCUT2D eigenvalue weighted by Crippen LogP contribution is 2.28. The van der Waals surface area contributed by atoms with Crippen LogP contribution in [-0.4, -0.2) is 0 Å². The van der Waals surface area contributed by atoms with Gasteiger partial charge in [0.25, 0.3) is 0 Å². The van der Waals surface area contributed by atoms with Crippen LogP contribution in [0.1, 0.15) is 11.1 Å². The summed E-state index contributed by atoms with van der Waals surface area (Å²) < 4.78 is 0. The van der Waals surface area contributed by atoms with E-state index in [9.17, 15) is 0 Å². The van der Waals surface area contributed by atoms with Gasteiger partial charge < -0.3 is 11.5 Å². The van der Waals surface area contributed by atoms with Crippen molar-refractivity contribution in [2.75, 3.05) is 5.73 Å². The lowest BCUT2D eigenvalue weighted by atomic mass is 9.95. The molecule has 0 saturated carbocycles. The van der Waals surface area contributed by atoms with Crippen molar-refractivity contribution in [3.63, 3.8) is 0 Å². The van der Waals surface area contributed by atoms with Gasteiger partial charge in [0.05, 0.1) is 0 Å². The van der Waals surface area contributed by atoms with E-state index in [2.05, 4.69) is 19.1 Å². The zero-order chi connectivity index (χ0) is 11.5. The minimum atomic E-state index is 0.546. The van der Waals surface area contributed by atoms with E-state index in [-0.39, 0.29) is 0 Å². The third kappa shape index (κ3) is 1.92. The van der Waals surface area contributed by atoms with Gasteiger partial charge in [-0.2, -0.15) is 0 Å². The molecule has 0 aliphatic heterocycles. The molecule has 4 N–H and O–H groups in total. The molecule has 82 valence electrons. The van der Waals surface area contributed by atoms with Crippen LogP contribution in [-0.2, 0) is 6.54 Å². The second kappa shape index (κ2) is 4.37. The third-order valence-electron chi connectivity index (χ3n) is 2.79. The first-order valence-electron chi connectivity index (χ1n) is 5.37. The van der Waals surface area contributed by atoms with Crippen LogP contribution in [0.2, 0.25) is 0 Å². The molecule has 2 aromatic carbocycles. The fourth-order valence-corrected chi connectivity index (χ4v) is 1.89. The molecule has 2 rings (SSSR count). The van der Waals surface area contributed by atoms with Crippen LogP contribution in [0.25, 0.3) is 11.1 Å². The lowest BCUT2D eigenvalue weighted by molar-refractivity contribution is 1.07. The van der Waals surface area contributed by atoms with Crippen LogP contribution in [0.5, 0.6) is 0 Å². The number of hydrogen-bond donors (Lipinski definition) is 2. The molecule has 2 nitrogen and oxygen atoms in total. The van der Waals surface area contributed by atoms with Gasteiger partial charge >= 0.3 is 0 Å². The van der Waals surface area contributed by atoms with Crippen LogP contribution in [0.15, 0.2) is 42.5 Å². The predicted octanol–water partition coefficient (Wildman–Crippen LogP) is 2.70. The van der Waals surface area contributed by atoms with Crippen molar-refractivity contribution in [3.8, 4) is 11.1 Å². The fourth-order valence-electron chi connectivity index (χ4n) is 1.89. The van der Waals surface area contributed by atoms with Gasteiger partial charge in [-0.1, -0.05) is 30.3 Å². The highest BCUT2D eigenvalue weighted by Gasteiger charge is 2.06. The number of nitrogen functional groups attached to an aromatic ring is 1. The number of rotatable bonds is 2. The van der Waals surface area contributed by atoms with E-state index in [0.717, 1.165) is 11.3 Å². The topological polar surface area (TPSA) is 52.0 Å². The molecular formula is C14H16N2. The van der Waals surface area contributed by atoms with Crippen LogP contribution >= 0.6 is 0 Å². The summed E-state index contributed by atoms with van der Waals surface area (Å²) in [6.07, 6.45) is 0. The Balaban J connectivity index is 2.62. The van der Waals surface area contributed by atoms with E-state index in [1.807, 2.05) is 30.3 Å². The van der Waals surface area contributed by atoms with Gasteiger partial charge in [0.2, 0.25) is 0 Å². The summed E-state index contributed by atoms with van der Waals surface area (Å²) >= 11 is 0. The lowest BCUT2D eigenvalue weighted by Crippen LogP contribution is -1.99. The van der Waals surface area contributed by atoms with Crippen molar-refractivity contribution in [1.29, 1.82) is 0 Å². The minimum absolute atomic E-state index is 0.546. The molecule has 0 atom stereocenters. The summed E-state index contributed by atoms with van der Waals surface area (Å²) in [5.41, 5.74) is 17.1. The molecule has 0 radical (unpaired) electrons. The molecule has 0 bridgehead atoms.